The maximum absolute atomic E-state index is 13.1. The first-order valence-corrected chi connectivity index (χ1v) is 10.3. The summed E-state index contributed by atoms with van der Waals surface area (Å²) in [5, 5.41) is 3.52. The van der Waals surface area contributed by atoms with Crippen molar-refractivity contribution in [1.29, 1.82) is 0 Å². The third-order valence-electron chi connectivity index (χ3n) is 5.99. The molecule has 29 heavy (non-hydrogen) atoms. The monoisotopic (exact) mass is 391 g/mol. The molecule has 2 fully saturated rings. The van der Waals surface area contributed by atoms with Gasteiger partial charge >= 0.3 is 0 Å². The van der Waals surface area contributed by atoms with Gasteiger partial charge in [0.2, 0.25) is 5.91 Å². The zero-order valence-corrected chi connectivity index (χ0v) is 17.0. The van der Waals surface area contributed by atoms with Crippen LogP contribution in [0.15, 0.2) is 60.7 Å². The summed E-state index contributed by atoms with van der Waals surface area (Å²) in [4.78, 5) is 17.4. The number of hydrogen-bond acceptors (Lipinski definition) is 4. The lowest BCUT2D eigenvalue weighted by Gasteiger charge is -2.37. The van der Waals surface area contributed by atoms with Gasteiger partial charge < -0.3 is 9.64 Å². The van der Waals surface area contributed by atoms with Crippen LogP contribution in [0.25, 0.3) is 6.08 Å². The second-order valence-electron chi connectivity index (χ2n) is 7.89. The molecule has 0 atom stereocenters. The Labute approximate surface area is 173 Å². The van der Waals surface area contributed by atoms with E-state index in [2.05, 4.69) is 46.6 Å². The minimum absolute atomic E-state index is 0.247. The van der Waals surface area contributed by atoms with E-state index in [4.69, 9.17) is 4.74 Å². The van der Waals surface area contributed by atoms with Crippen molar-refractivity contribution in [2.24, 2.45) is 0 Å². The van der Waals surface area contributed by atoms with Crippen molar-refractivity contribution in [2.45, 2.75) is 24.9 Å². The molecule has 0 bridgehead atoms. The predicted octanol–water partition coefficient (Wildman–Crippen LogP) is 3.13. The van der Waals surface area contributed by atoms with Crippen LogP contribution in [0.5, 0.6) is 5.75 Å². The highest BCUT2D eigenvalue weighted by molar-refractivity contribution is 5.88. The average molecular weight is 392 g/mol. The van der Waals surface area contributed by atoms with Crippen molar-refractivity contribution in [1.82, 2.24) is 15.1 Å². The van der Waals surface area contributed by atoms with Crippen LogP contribution in [-0.2, 0) is 11.3 Å². The molecular weight excluding hydrogens is 362 g/mol. The highest BCUT2D eigenvalue weighted by Crippen LogP contribution is 2.29. The molecule has 2 aromatic carbocycles. The number of nitrogens with zero attached hydrogens (tertiary/aromatic N) is 2. The van der Waals surface area contributed by atoms with Gasteiger partial charge in [-0.1, -0.05) is 54.6 Å². The van der Waals surface area contributed by atoms with Gasteiger partial charge in [0.15, 0.2) is 0 Å². The number of carbonyl (C=O) groups is 1. The molecule has 1 N–H and O–H groups in total. The fraction of sp³-hybridized carbons (Fsp3) is 0.375. The van der Waals surface area contributed by atoms with E-state index in [1.165, 1.54) is 5.56 Å². The topological polar surface area (TPSA) is 44.8 Å². The lowest BCUT2D eigenvalue weighted by Crippen LogP contribution is -2.54. The minimum Gasteiger partial charge on any atom is -0.497 e. The fourth-order valence-electron chi connectivity index (χ4n) is 4.24. The van der Waals surface area contributed by atoms with Gasteiger partial charge in [-0.3, -0.25) is 15.0 Å². The Bertz CT molecular complexity index is 857. The van der Waals surface area contributed by atoms with Crippen molar-refractivity contribution in [3.63, 3.8) is 0 Å². The summed E-state index contributed by atoms with van der Waals surface area (Å²) in [7, 11) is 1.70. The Morgan fingerprint density at radius 3 is 2.66 bits per heavy atom. The second-order valence-corrected chi connectivity index (χ2v) is 7.89. The van der Waals surface area contributed by atoms with Crippen molar-refractivity contribution < 1.29 is 9.53 Å². The molecule has 5 heteroatoms. The quantitative estimate of drug-likeness (QED) is 0.822. The van der Waals surface area contributed by atoms with Gasteiger partial charge in [0.05, 0.1) is 13.8 Å². The lowest BCUT2D eigenvalue weighted by molar-refractivity contribution is -0.133. The molecule has 0 aromatic heterocycles. The Balaban J connectivity index is 1.30. The largest absolute Gasteiger partial charge is 0.497 e. The van der Waals surface area contributed by atoms with Gasteiger partial charge in [0, 0.05) is 26.2 Å². The van der Waals surface area contributed by atoms with E-state index in [0.717, 1.165) is 43.8 Å². The number of amides is 1. The highest BCUT2D eigenvalue weighted by Gasteiger charge is 2.47. The normalized spacial score (nSPS) is 19.3. The highest BCUT2D eigenvalue weighted by atomic mass is 16.5. The van der Waals surface area contributed by atoms with Crippen molar-refractivity contribution in [3.8, 4) is 5.75 Å². The number of carbonyl (C=O) groups excluding carboxylic acids is 1. The molecule has 2 aliphatic rings. The van der Waals surface area contributed by atoms with E-state index in [1.807, 2.05) is 35.2 Å². The molecule has 5 nitrogen and oxygen atoms in total. The van der Waals surface area contributed by atoms with Gasteiger partial charge in [0.25, 0.3) is 0 Å². The van der Waals surface area contributed by atoms with Gasteiger partial charge in [0.1, 0.15) is 11.3 Å². The summed E-state index contributed by atoms with van der Waals surface area (Å²) >= 11 is 0. The van der Waals surface area contributed by atoms with Crippen molar-refractivity contribution in [2.75, 3.05) is 33.4 Å². The van der Waals surface area contributed by atoms with Crippen LogP contribution >= 0.6 is 0 Å². The van der Waals surface area contributed by atoms with Crippen LogP contribution in [0.1, 0.15) is 24.0 Å². The summed E-state index contributed by atoms with van der Waals surface area (Å²) in [6.45, 7) is 4.02. The maximum atomic E-state index is 13.1. The van der Waals surface area contributed by atoms with E-state index in [0.29, 0.717) is 13.2 Å². The number of benzene rings is 2. The van der Waals surface area contributed by atoms with E-state index in [9.17, 15) is 4.79 Å². The van der Waals surface area contributed by atoms with Crippen LogP contribution < -0.4 is 10.1 Å². The lowest BCUT2D eigenvalue weighted by atomic mass is 9.87. The number of methoxy groups -OCH3 is 1. The maximum Gasteiger partial charge on any atom is 0.244 e. The summed E-state index contributed by atoms with van der Waals surface area (Å²) in [5.41, 5.74) is 2.03. The summed E-state index contributed by atoms with van der Waals surface area (Å²) in [5.74, 6) is 1.14. The zero-order valence-electron chi connectivity index (χ0n) is 17.0. The molecule has 1 spiro atoms. The van der Waals surface area contributed by atoms with Gasteiger partial charge in [-0.2, -0.15) is 0 Å². The SMILES string of the molecule is COc1cccc(CN2CCC3(CC2)NCN(C/C=C/c2ccccc2)C3=O)c1. The number of ether oxygens (including phenoxy) is 1. The molecule has 0 radical (unpaired) electrons. The van der Waals surface area contributed by atoms with E-state index < -0.39 is 0 Å². The molecule has 2 aromatic rings. The molecular formula is C24H29N3O2. The molecule has 2 saturated heterocycles. The van der Waals surface area contributed by atoms with Crippen LogP contribution in [0.4, 0.5) is 0 Å². The Morgan fingerprint density at radius 1 is 1.10 bits per heavy atom. The molecule has 0 saturated carbocycles. The third-order valence-corrected chi connectivity index (χ3v) is 5.99. The standard InChI is InChI=1S/C24H29N3O2/c1-29-22-11-5-9-21(17-22)18-26-15-12-24(13-16-26)23(28)27(19-25-24)14-6-10-20-7-3-2-4-8-20/h2-11,17,25H,12-16,18-19H2,1H3/b10-6+. The first kappa shape index (κ1) is 19.7. The molecule has 0 aliphatic carbocycles. The first-order valence-electron chi connectivity index (χ1n) is 10.3. The second kappa shape index (κ2) is 8.80. The van der Waals surface area contributed by atoms with Crippen LogP contribution in [0.2, 0.25) is 0 Å². The van der Waals surface area contributed by atoms with Gasteiger partial charge in [-0.25, -0.2) is 0 Å². The number of hydrogen-bond donors (Lipinski definition) is 1. The minimum atomic E-state index is -0.383. The van der Waals surface area contributed by atoms with E-state index in [1.54, 1.807) is 7.11 Å². The molecule has 2 aliphatic heterocycles. The predicted molar refractivity (Wildman–Crippen MR) is 115 cm³/mol. The number of piperidine rings is 1. The number of rotatable bonds is 6. The van der Waals surface area contributed by atoms with E-state index in [-0.39, 0.29) is 11.4 Å². The summed E-state index contributed by atoms with van der Waals surface area (Å²) in [6.07, 6.45) is 5.87. The van der Waals surface area contributed by atoms with Crippen LogP contribution in [-0.4, -0.2) is 54.7 Å². The molecule has 1 amide bonds. The average Bonchev–Trinajstić information content (AvgIpc) is 3.06. The summed E-state index contributed by atoms with van der Waals surface area (Å²) in [6, 6.07) is 18.4. The number of likely N-dealkylation sites (tertiary alicyclic amines) is 1. The summed E-state index contributed by atoms with van der Waals surface area (Å²) < 4.78 is 5.32. The molecule has 0 unspecified atom stereocenters. The Morgan fingerprint density at radius 2 is 1.90 bits per heavy atom. The number of nitrogens with one attached hydrogen (secondary N) is 1. The Hall–Kier alpha value is -2.63. The smallest absolute Gasteiger partial charge is 0.244 e. The van der Waals surface area contributed by atoms with E-state index >= 15 is 0 Å². The van der Waals surface area contributed by atoms with Crippen LogP contribution in [0.3, 0.4) is 0 Å². The van der Waals surface area contributed by atoms with Crippen molar-refractivity contribution >= 4 is 12.0 Å². The third kappa shape index (κ3) is 4.52. The molecule has 2 heterocycles. The first-order chi connectivity index (χ1) is 14.2. The van der Waals surface area contributed by atoms with Crippen molar-refractivity contribution in [3.05, 3.63) is 71.8 Å². The Kier molecular flexibility index (Phi) is 5.97. The van der Waals surface area contributed by atoms with Crippen LogP contribution in [0, 0.1) is 0 Å². The molecule has 4 rings (SSSR count). The van der Waals surface area contributed by atoms with Gasteiger partial charge in [-0.05, 0) is 36.1 Å². The van der Waals surface area contributed by atoms with Gasteiger partial charge in [-0.15, -0.1) is 0 Å². The fourth-order valence-corrected chi connectivity index (χ4v) is 4.24. The zero-order chi connectivity index (χ0) is 20.1. The molecule has 152 valence electrons.